The first kappa shape index (κ1) is 24.8. The fourth-order valence-corrected chi connectivity index (χ4v) is 4.60. The Labute approximate surface area is 223 Å². The van der Waals surface area contributed by atoms with Gasteiger partial charge in [-0.3, -0.25) is 14.6 Å². The Balaban J connectivity index is 1.54. The van der Waals surface area contributed by atoms with Crippen molar-refractivity contribution in [3.8, 4) is 11.4 Å². The molecule has 5 rings (SSSR count). The monoisotopic (exact) mass is 535 g/mol. The lowest BCUT2D eigenvalue weighted by Gasteiger charge is -2.29. The second-order valence-corrected chi connectivity index (χ2v) is 9.27. The molecule has 0 spiro atoms. The number of amides is 1. The number of anilines is 1. The maximum Gasteiger partial charge on any atom is 0.263 e. The average Bonchev–Trinajstić information content (AvgIpc) is 2.93. The summed E-state index contributed by atoms with van der Waals surface area (Å²) in [6.45, 7) is 0.914. The number of fused-ring (bicyclic) bond motifs is 1. The predicted molar refractivity (Wildman–Crippen MR) is 143 cm³/mol. The van der Waals surface area contributed by atoms with Crippen LogP contribution in [0.3, 0.4) is 0 Å². The number of halogens is 2. The summed E-state index contributed by atoms with van der Waals surface area (Å²) in [5.74, 6) is 0.671. The van der Waals surface area contributed by atoms with E-state index in [1.54, 1.807) is 42.5 Å². The van der Waals surface area contributed by atoms with Crippen LogP contribution in [0, 0.1) is 0 Å². The smallest absolute Gasteiger partial charge is 0.263 e. The minimum absolute atomic E-state index is 0.189. The van der Waals surface area contributed by atoms with E-state index in [-0.39, 0.29) is 18.0 Å². The van der Waals surface area contributed by atoms with Gasteiger partial charge in [-0.15, -0.1) is 0 Å². The van der Waals surface area contributed by atoms with Crippen LogP contribution in [0.4, 0.5) is 5.95 Å². The van der Waals surface area contributed by atoms with Gasteiger partial charge in [-0.2, -0.15) is 0 Å². The molecule has 2 aromatic carbocycles. The molecule has 1 N–H and O–H groups in total. The summed E-state index contributed by atoms with van der Waals surface area (Å²) in [6.07, 6.45) is 2.07. The van der Waals surface area contributed by atoms with E-state index in [0.29, 0.717) is 63.8 Å². The largest absolute Gasteiger partial charge is 0.495 e. The number of hydrogen-bond donors (Lipinski definition) is 1. The molecule has 0 saturated heterocycles. The van der Waals surface area contributed by atoms with Crippen LogP contribution in [-0.4, -0.2) is 39.0 Å². The van der Waals surface area contributed by atoms with Gasteiger partial charge < -0.3 is 15.0 Å². The molecule has 1 amide bonds. The van der Waals surface area contributed by atoms with Gasteiger partial charge in [0, 0.05) is 23.9 Å². The highest BCUT2D eigenvalue weighted by Gasteiger charge is 2.28. The summed E-state index contributed by atoms with van der Waals surface area (Å²) < 4.78 is 7.06. The number of rotatable bonds is 6. The number of methoxy groups -OCH3 is 1. The van der Waals surface area contributed by atoms with Crippen LogP contribution in [0.2, 0.25) is 10.0 Å². The van der Waals surface area contributed by atoms with E-state index in [4.69, 9.17) is 32.9 Å². The first-order valence-corrected chi connectivity index (χ1v) is 12.4. The minimum Gasteiger partial charge on any atom is -0.495 e. The maximum atomic E-state index is 13.8. The molecule has 188 valence electrons. The molecule has 1 aliphatic heterocycles. The van der Waals surface area contributed by atoms with Crippen molar-refractivity contribution in [3.05, 3.63) is 110 Å². The quantitative estimate of drug-likeness (QED) is 0.383. The Morgan fingerprint density at radius 2 is 1.89 bits per heavy atom. The van der Waals surface area contributed by atoms with Crippen molar-refractivity contribution in [2.24, 2.45) is 0 Å². The van der Waals surface area contributed by atoms with Crippen molar-refractivity contribution < 1.29 is 9.53 Å². The molecule has 0 atom stereocenters. The van der Waals surface area contributed by atoms with Gasteiger partial charge in [-0.1, -0.05) is 41.4 Å². The molecule has 0 bridgehead atoms. The highest BCUT2D eigenvalue weighted by molar-refractivity contribution is 6.42. The number of nitrogens with one attached hydrogen (secondary N) is 1. The van der Waals surface area contributed by atoms with Crippen molar-refractivity contribution >= 4 is 35.1 Å². The summed E-state index contributed by atoms with van der Waals surface area (Å²) in [7, 11) is 1.56. The lowest BCUT2D eigenvalue weighted by Crippen LogP contribution is -2.41. The fourth-order valence-electron chi connectivity index (χ4n) is 4.30. The van der Waals surface area contributed by atoms with Gasteiger partial charge in [-0.05, 0) is 48.9 Å². The third-order valence-corrected chi connectivity index (χ3v) is 6.91. The second-order valence-electron chi connectivity index (χ2n) is 8.45. The average molecular weight is 536 g/mol. The summed E-state index contributed by atoms with van der Waals surface area (Å²) in [5, 5.41) is 3.95. The van der Waals surface area contributed by atoms with Crippen LogP contribution >= 0.6 is 23.2 Å². The molecule has 0 aliphatic carbocycles. The summed E-state index contributed by atoms with van der Waals surface area (Å²) >= 11 is 12.1. The van der Waals surface area contributed by atoms with Gasteiger partial charge in [0.25, 0.3) is 11.5 Å². The van der Waals surface area contributed by atoms with E-state index in [1.165, 1.54) is 4.57 Å². The van der Waals surface area contributed by atoms with Crippen LogP contribution in [0.5, 0.6) is 5.75 Å². The van der Waals surface area contributed by atoms with Gasteiger partial charge in [0.1, 0.15) is 5.75 Å². The highest BCUT2D eigenvalue weighted by atomic mass is 35.5. The molecule has 8 nitrogen and oxygen atoms in total. The standard InChI is InChI=1S/C27H23Cl2N5O3/c1-37-24-8-3-2-7-23(24)34-26(36)19-11-13-33(25(35)17-9-10-20(28)21(29)14-17)16-22(19)32-27(34)31-15-18-6-4-5-12-30-18/h2-10,12,14H,11,13,15-16H2,1H3,(H,31,32). The number of ether oxygens (including phenoxy) is 1. The van der Waals surface area contributed by atoms with E-state index >= 15 is 0 Å². The van der Waals surface area contributed by atoms with Gasteiger partial charge in [0.15, 0.2) is 0 Å². The zero-order valence-corrected chi connectivity index (χ0v) is 21.5. The number of carbonyl (C=O) groups excluding carboxylic acids is 1. The van der Waals surface area contributed by atoms with Crippen molar-refractivity contribution in [1.82, 2.24) is 19.4 Å². The number of benzene rings is 2. The molecule has 0 radical (unpaired) electrons. The molecule has 0 saturated carbocycles. The number of pyridine rings is 1. The molecular formula is C27H23Cl2N5O3. The van der Waals surface area contributed by atoms with Crippen LogP contribution in [0.25, 0.3) is 5.69 Å². The van der Waals surface area contributed by atoms with E-state index in [9.17, 15) is 9.59 Å². The van der Waals surface area contributed by atoms with Gasteiger partial charge in [0.05, 0.1) is 47.3 Å². The van der Waals surface area contributed by atoms with E-state index in [2.05, 4.69) is 10.3 Å². The molecule has 0 unspecified atom stereocenters. The number of aromatic nitrogens is 3. The topological polar surface area (TPSA) is 89.3 Å². The van der Waals surface area contributed by atoms with Crippen LogP contribution in [0.15, 0.2) is 71.7 Å². The third kappa shape index (κ3) is 5.03. The normalized spacial score (nSPS) is 12.7. The van der Waals surface area contributed by atoms with Crippen molar-refractivity contribution in [2.45, 2.75) is 19.5 Å². The number of nitrogens with zero attached hydrogens (tertiary/aromatic N) is 4. The predicted octanol–water partition coefficient (Wildman–Crippen LogP) is 4.75. The Hall–Kier alpha value is -3.88. The first-order valence-electron chi connectivity index (χ1n) is 11.6. The van der Waals surface area contributed by atoms with Crippen LogP contribution in [0.1, 0.15) is 27.3 Å². The lowest BCUT2D eigenvalue weighted by atomic mass is 10.0. The SMILES string of the molecule is COc1ccccc1-n1c(NCc2ccccn2)nc2c(c1=O)CCN(C(=O)c1ccc(Cl)c(Cl)c1)C2. The van der Waals surface area contributed by atoms with Crippen molar-refractivity contribution in [3.63, 3.8) is 0 Å². The Bertz CT molecular complexity index is 1520. The van der Waals surface area contributed by atoms with Crippen molar-refractivity contribution in [1.29, 1.82) is 0 Å². The molecule has 10 heteroatoms. The van der Waals surface area contributed by atoms with Gasteiger partial charge >= 0.3 is 0 Å². The Morgan fingerprint density at radius 1 is 1.08 bits per heavy atom. The first-order chi connectivity index (χ1) is 18.0. The van der Waals surface area contributed by atoms with Gasteiger partial charge in [-0.25, -0.2) is 9.55 Å². The van der Waals surface area contributed by atoms with Crippen molar-refractivity contribution in [2.75, 3.05) is 19.0 Å². The van der Waals surface area contributed by atoms with Gasteiger partial charge in [0.2, 0.25) is 5.95 Å². The molecule has 1 aliphatic rings. The summed E-state index contributed by atoms with van der Waals surface area (Å²) in [4.78, 5) is 37.8. The third-order valence-electron chi connectivity index (χ3n) is 6.17. The summed E-state index contributed by atoms with van der Waals surface area (Å²) in [6, 6.07) is 17.7. The second kappa shape index (κ2) is 10.6. The number of para-hydroxylation sites is 2. The molecular weight excluding hydrogens is 513 g/mol. The van der Waals surface area contributed by atoms with E-state index < -0.39 is 0 Å². The number of carbonyl (C=O) groups is 1. The zero-order valence-electron chi connectivity index (χ0n) is 19.9. The zero-order chi connectivity index (χ0) is 25.9. The molecule has 4 aromatic rings. The van der Waals surface area contributed by atoms with E-state index in [0.717, 1.165) is 5.69 Å². The molecule has 37 heavy (non-hydrogen) atoms. The van der Waals surface area contributed by atoms with Crippen LogP contribution in [-0.2, 0) is 19.5 Å². The number of hydrogen-bond acceptors (Lipinski definition) is 6. The molecule has 0 fully saturated rings. The maximum absolute atomic E-state index is 13.8. The van der Waals surface area contributed by atoms with Crippen LogP contribution < -0.4 is 15.6 Å². The fraction of sp³-hybridized carbons (Fsp3) is 0.185. The lowest BCUT2D eigenvalue weighted by molar-refractivity contribution is 0.0731. The van der Waals surface area contributed by atoms with E-state index in [1.807, 2.05) is 36.4 Å². The summed E-state index contributed by atoms with van der Waals surface area (Å²) in [5.41, 5.74) is 2.68. The minimum atomic E-state index is -0.209. The molecule has 2 aromatic heterocycles. The Morgan fingerprint density at radius 3 is 2.65 bits per heavy atom. The molecule has 3 heterocycles. The Kier molecular flexibility index (Phi) is 7.12. The highest BCUT2D eigenvalue weighted by Crippen LogP contribution is 2.27.